The molecule has 3 heterocycles. The summed E-state index contributed by atoms with van der Waals surface area (Å²) in [6, 6.07) is 5.39. The van der Waals surface area contributed by atoms with Gasteiger partial charge in [0.05, 0.1) is 21.6 Å². The molecule has 134 valence electrons. The number of hydrogen-bond donors (Lipinski definition) is 0. The van der Waals surface area contributed by atoms with Crippen LogP contribution in [0.25, 0.3) is 0 Å². The first-order chi connectivity index (χ1) is 11.9. The lowest BCUT2D eigenvalue weighted by molar-refractivity contribution is 0.184. The lowest BCUT2D eigenvalue weighted by atomic mass is 10.00. The summed E-state index contributed by atoms with van der Waals surface area (Å²) in [5.74, 6) is 0. The van der Waals surface area contributed by atoms with Gasteiger partial charge in [0, 0.05) is 23.3 Å². The fourth-order valence-electron chi connectivity index (χ4n) is 4.21. The van der Waals surface area contributed by atoms with Crippen LogP contribution >= 0.6 is 27.5 Å². The highest BCUT2D eigenvalue weighted by atomic mass is 79.9. The summed E-state index contributed by atoms with van der Waals surface area (Å²) >= 11 is 9.59. The van der Waals surface area contributed by atoms with Gasteiger partial charge in [-0.1, -0.05) is 17.7 Å². The number of hydrogen-bond acceptors (Lipinski definition) is 3. The van der Waals surface area contributed by atoms with Crippen molar-refractivity contribution in [2.45, 2.75) is 55.6 Å². The minimum atomic E-state index is -3.54. The monoisotopic (exact) mass is 443 g/mol. The second-order valence-electron chi connectivity index (χ2n) is 6.85. The van der Waals surface area contributed by atoms with Gasteiger partial charge in [-0.25, -0.2) is 8.42 Å². The van der Waals surface area contributed by atoms with Crippen LogP contribution in [0, 0.1) is 6.92 Å². The first-order valence-corrected chi connectivity index (χ1v) is 11.0. The zero-order valence-corrected chi connectivity index (χ0v) is 16.9. The van der Waals surface area contributed by atoms with Gasteiger partial charge in [0.1, 0.15) is 0 Å². The molecule has 5 nitrogen and oxygen atoms in total. The van der Waals surface area contributed by atoms with Crippen molar-refractivity contribution in [3.63, 3.8) is 0 Å². The molecule has 1 aromatic carbocycles. The van der Waals surface area contributed by atoms with E-state index in [9.17, 15) is 8.42 Å². The molecule has 0 radical (unpaired) electrons. The summed E-state index contributed by atoms with van der Waals surface area (Å²) in [5.41, 5.74) is 0.627. The third-order valence-electron chi connectivity index (χ3n) is 5.36. The van der Waals surface area contributed by atoms with Crippen molar-refractivity contribution in [1.82, 2.24) is 14.1 Å². The van der Waals surface area contributed by atoms with Crippen molar-refractivity contribution >= 4 is 37.6 Å². The number of sulfonamides is 1. The maximum Gasteiger partial charge on any atom is 0.243 e. The van der Waals surface area contributed by atoms with E-state index >= 15 is 0 Å². The Morgan fingerprint density at radius 1 is 1.20 bits per heavy atom. The van der Waals surface area contributed by atoms with E-state index < -0.39 is 10.0 Å². The lowest BCUT2D eigenvalue weighted by Crippen LogP contribution is -2.47. The van der Waals surface area contributed by atoms with Crippen LogP contribution in [0.1, 0.15) is 37.3 Å². The number of benzene rings is 1. The van der Waals surface area contributed by atoms with Crippen LogP contribution in [-0.2, 0) is 10.0 Å². The third kappa shape index (κ3) is 2.95. The number of fused-ring (bicyclic) bond motifs is 2. The SMILES string of the molecule is Cc1c(Cl)cccc1S(=O)(=O)N1C2CCC1CC(n1cc(Br)cn1)C2. The maximum absolute atomic E-state index is 13.3. The van der Waals surface area contributed by atoms with Crippen LogP contribution in [0.15, 0.2) is 40.0 Å². The Labute approximate surface area is 161 Å². The van der Waals surface area contributed by atoms with E-state index in [1.807, 2.05) is 10.9 Å². The molecule has 2 unspecified atom stereocenters. The minimum absolute atomic E-state index is 0.0232. The van der Waals surface area contributed by atoms with Crippen LogP contribution in [0.3, 0.4) is 0 Å². The Morgan fingerprint density at radius 2 is 1.88 bits per heavy atom. The van der Waals surface area contributed by atoms with Gasteiger partial charge in [-0.15, -0.1) is 0 Å². The van der Waals surface area contributed by atoms with Crippen LogP contribution < -0.4 is 0 Å². The summed E-state index contributed by atoms with van der Waals surface area (Å²) in [7, 11) is -3.54. The molecule has 0 saturated carbocycles. The first kappa shape index (κ1) is 17.5. The molecule has 2 aromatic rings. The molecule has 0 N–H and O–H groups in total. The van der Waals surface area contributed by atoms with Gasteiger partial charge >= 0.3 is 0 Å². The fraction of sp³-hybridized carbons (Fsp3) is 0.471. The highest BCUT2D eigenvalue weighted by molar-refractivity contribution is 9.10. The lowest BCUT2D eigenvalue weighted by Gasteiger charge is -2.38. The van der Waals surface area contributed by atoms with Crippen molar-refractivity contribution in [3.8, 4) is 0 Å². The highest BCUT2D eigenvalue weighted by Gasteiger charge is 2.48. The second kappa shape index (κ2) is 6.37. The Balaban J connectivity index is 1.65. The topological polar surface area (TPSA) is 55.2 Å². The summed E-state index contributed by atoms with van der Waals surface area (Å²) in [5, 5.41) is 4.88. The molecule has 1 aromatic heterocycles. The van der Waals surface area contributed by atoms with Gasteiger partial charge in [0.25, 0.3) is 0 Å². The van der Waals surface area contributed by atoms with Gasteiger partial charge < -0.3 is 0 Å². The molecule has 0 spiro atoms. The summed E-state index contributed by atoms with van der Waals surface area (Å²) in [4.78, 5) is 0.331. The highest BCUT2D eigenvalue weighted by Crippen LogP contribution is 2.44. The molecule has 0 aliphatic carbocycles. The van der Waals surface area contributed by atoms with E-state index in [0.717, 1.165) is 30.2 Å². The predicted octanol–water partition coefficient (Wildman–Crippen LogP) is 4.16. The van der Waals surface area contributed by atoms with Crippen LogP contribution in [0.2, 0.25) is 5.02 Å². The average Bonchev–Trinajstić information content (AvgIpc) is 3.12. The number of nitrogens with zero attached hydrogens (tertiary/aromatic N) is 3. The average molecular weight is 445 g/mol. The molecule has 4 rings (SSSR count). The van der Waals surface area contributed by atoms with Crippen molar-refractivity contribution in [2.75, 3.05) is 0 Å². The molecule has 2 fully saturated rings. The number of piperidine rings is 1. The first-order valence-electron chi connectivity index (χ1n) is 8.36. The largest absolute Gasteiger partial charge is 0.268 e. The minimum Gasteiger partial charge on any atom is -0.268 e. The Kier molecular flexibility index (Phi) is 4.46. The van der Waals surface area contributed by atoms with Crippen molar-refractivity contribution < 1.29 is 8.42 Å². The number of rotatable bonds is 3. The smallest absolute Gasteiger partial charge is 0.243 e. The van der Waals surface area contributed by atoms with Gasteiger partial charge in [0.15, 0.2) is 0 Å². The third-order valence-corrected chi connectivity index (χ3v) is 8.33. The molecule has 2 saturated heterocycles. The summed E-state index contributed by atoms with van der Waals surface area (Å²) in [6.45, 7) is 1.77. The van der Waals surface area contributed by atoms with Crippen LogP contribution in [0.5, 0.6) is 0 Å². The Hall–Kier alpha value is -0.890. The van der Waals surface area contributed by atoms with E-state index in [2.05, 4.69) is 21.0 Å². The molecule has 2 bridgehead atoms. The normalized spacial score (nSPS) is 26.9. The summed E-state index contributed by atoms with van der Waals surface area (Å²) < 4.78 is 31.3. The zero-order valence-electron chi connectivity index (χ0n) is 13.8. The quantitative estimate of drug-likeness (QED) is 0.714. The molecule has 2 aliphatic rings. The van der Waals surface area contributed by atoms with Gasteiger partial charge in [-0.3, -0.25) is 4.68 Å². The predicted molar refractivity (Wildman–Crippen MR) is 100 cm³/mol. The number of aromatic nitrogens is 2. The molecule has 2 atom stereocenters. The van der Waals surface area contributed by atoms with E-state index in [1.165, 1.54) is 0 Å². The molecule has 2 aliphatic heterocycles. The summed E-state index contributed by atoms with van der Waals surface area (Å²) in [6.07, 6.45) is 7.15. The van der Waals surface area contributed by atoms with E-state index in [1.54, 1.807) is 35.6 Å². The van der Waals surface area contributed by atoms with E-state index in [4.69, 9.17) is 11.6 Å². The van der Waals surface area contributed by atoms with Crippen molar-refractivity contribution in [1.29, 1.82) is 0 Å². The molecule has 8 heteroatoms. The molecular formula is C17H19BrClN3O2S. The molecule has 25 heavy (non-hydrogen) atoms. The van der Waals surface area contributed by atoms with Gasteiger partial charge in [-0.2, -0.15) is 9.40 Å². The second-order valence-corrected chi connectivity index (χ2v) is 9.98. The van der Waals surface area contributed by atoms with Crippen LogP contribution in [-0.4, -0.2) is 34.6 Å². The van der Waals surface area contributed by atoms with Crippen molar-refractivity contribution in [3.05, 3.63) is 45.7 Å². The Bertz CT molecular complexity index is 900. The van der Waals surface area contributed by atoms with Gasteiger partial charge in [-0.05, 0) is 66.2 Å². The Morgan fingerprint density at radius 3 is 2.48 bits per heavy atom. The van der Waals surface area contributed by atoms with Gasteiger partial charge in [0.2, 0.25) is 10.0 Å². The fourth-order valence-corrected chi connectivity index (χ4v) is 6.88. The number of halogens is 2. The maximum atomic E-state index is 13.3. The van der Waals surface area contributed by atoms with E-state index in [-0.39, 0.29) is 18.1 Å². The van der Waals surface area contributed by atoms with Crippen molar-refractivity contribution in [2.24, 2.45) is 0 Å². The zero-order chi connectivity index (χ0) is 17.8. The standard InChI is InChI=1S/C17H19BrClN3O2S/c1-11-16(19)3-2-4-17(11)25(23,24)22-13-5-6-14(22)8-15(7-13)21-10-12(18)9-20-21/h2-4,9-10,13-15H,5-8H2,1H3. The van der Waals surface area contributed by atoms with Crippen LogP contribution in [0.4, 0.5) is 0 Å². The molecular weight excluding hydrogens is 426 g/mol. The molecule has 0 amide bonds. The van der Waals surface area contributed by atoms with E-state index in [0.29, 0.717) is 15.5 Å².